The van der Waals surface area contributed by atoms with Crippen LogP contribution in [0.1, 0.15) is 10.6 Å². The molecular formula is C16H9ClO4. The lowest BCUT2D eigenvalue weighted by atomic mass is 9.98. The summed E-state index contributed by atoms with van der Waals surface area (Å²) in [6, 6.07) is 13.6. The van der Waals surface area contributed by atoms with E-state index in [0.717, 1.165) is 0 Å². The van der Waals surface area contributed by atoms with Crippen LogP contribution in [0.3, 0.4) is 0 Å². The zero-order valence-corrected chi connectivity index (χ0v) is 11.4. The van der Waals surface area contributed by atoms with Crippen molar-refractivity contribution in [3.05, 3.63) is 69.7 Å². The van der Waals surface area contributed by atoms with E-state index < -0.39 is 11.6 Å². The second-order valence-electron chi connectivity index (χ2n) is 4.45. The van der Waals surface area contributed by atoms with Gasteiger partial charge in [0.15, 0.2) is 0 Å². The molecule has 0 bridgehead atoms. The molecular weight excluding hydrogens is 292 g/mol. The lowest BCUT2D eigenvalue weighted by molar-refractivity contribution is 0.0659. The quantitative estimate of drug-likeness (QED) is 0.781. The maximum atomic E-state index is 12.0. The van der Waals surface area contributed by atoms with Crippen molar-refractivity contribution in [2.24, 2.45) is 0 Å². The van der Waals surface area contributed by atoms with Gasteiger partial charge in [0.1, 0.15) is 0 Å². The summed E-state index contributed by atoms with van der Waals surface area (Å²) in [7, 11) is 0. The first-order chi connectivity index (χ1) is 10.1. The van der Waals surface area contributed by atoms with E-state index in [-0.39, 0.29) is 11.1 Å². The minimum absolute atomic E-state index is 0.256. The number of carboxylic acid groups (broad SMARTS) is 1. The third-order valence-corrected chi connectivity index (χ3v) is 3.38. The van der Waals surface area contributed by atoms with Gasteiger partial charge in [-0.15, -0.1) is 0 Å². The average molecular weight is 301 g/mol. The second-order valence-corrected chi connectivity index (χ2v) is 4.89. The van der Waals surface area contributed by atoms with Crippen LogP contribution in [-0.4, -0.2) is 11.1 Å². The molecule has 1 aromatic heterocycles. The number of hydrogen-bond donors (Lipinski definition) is 1. The molecule has 104 valence electrons. The third kappa shape index (κ3) is 2.30. The first-order valence-electron chi connectivity index (χ1n) is 6.13. The summed E-state index contributed by atoms with van der Waals surface area (Å²) >= 11 is 5.89. The summed E-state index contributed by atoms with van der Waals surface area (Å²) in [6.07, 6.45) is 0. The minimum Gasteiger partial charge on any atom is -0.475 e. The molecule has 4 nitrogen and oxygen atoms in total. The Kier molecular flexibility index (Phi) is 3.23. The van der Waals surface area contributed by atoms with Crippen molar-refractivity contribution in [3.63, 3.8) is 0 Å². The van der Waals surface area contributed by atoms with E-state index in [2.05, 4.69) is 0 Å². The third-order valence-electron chi connectivity index (χ3n) is 3.15. The van der Waals surface area contributed by atoms with Crippen LogP contribution >= 0.6 is 11.6 Å². The fourth-order valence-corrected chi connectivity index (χ4v) is 2.44. The Hall–Kier alpha value is -2.59. The fourth-order valence-electron chi connectivity index (χ4n) is 2.27. The number of hydrogen-bond acceptors (Lipinski definition) is 3. The topological polar surface area (TPSA) is 67.5 Å². The van der Waals surface area contributed by atoms with Crippen LogP contribution in [0, 0.1) is 0 Å². The van der Waals surface area contributed by atoms with Gasteiger partial charge in [0, 0.05) is 16.0 Å². The normalized spacial score (nSPS) is 10.7. The molecule has 1 heterocycles. The second kappa shape index (κ2) is 5.07. The van der Waals surface area contributed by atoms with Crippen LogP contribution in [0.15, 0.2) is 57.7 Å². The summed E-state index contributed by atoms with van der Waals surface area (Å²) in [6.45, 7) is 0. The summed E-state index contributed by atoms with van der Waals surface area (Å²) in [5.41, 5.74) is 0.310. The first-order valence-corrected chi connectivity index (χ1v) is 6.51. The van der Waals surface area contributed by atoms with Crippen molar-refractivity contribution in [2.75, 3.05) is 0 Å². The summed E-state index contributed by atoms with van der Waals surface area (Å²) in [5, 5.41) is 10.4. The highest BCUT2D eigenvalue weighted by Gasteiger charge is 2.20. The summed E-state index contributed by atoms with van der Waals surface area (Å²) in [5.74, 6) is -1.66. The zero-order chi connectivity index (χ0) is 15.0. The SMILES string of the molecule is O=C(O)c1oc(=O)c2cc(Cl)ccc2c1-c1ccccc1. The number of carboxylic acids is 1. The lowest BCUT2D eigenvalue weighted by Crippen LogP contribution is -2.09. The molecule has 0 aliphatic heterocycles. The predicted octanol–water partition coefficient (Wildman–Crippen LogP) is 3.81. The van der Waals surface area contributed by atoms with Crippen LogP contribution in [0.2, 0.25) is 5.02 Å². The van der Waals surface area contributed by atoms with Gasteiger partial charge in [-0.05, 0) is 17.7 Å². The Balaban J connectivity index is 2.50. The fraction of sp³-hybridized carbons (Fsp3) is 0. The molecule has 0 fully saturated rings. The number of carbonyl (C=O) groups is 1. The Morgan fingerprint density at radius 1 is 1.05 bits per heavy atom. The highest BCUT2D eigenvalue weighted by atomic mass is 35.5. The van der Waals surface area contributed by atoms with Gasteiger partial charge in [0.2, 0.25) is 5.76 Å². The zero-order valence-electron chi connectivity index (χ0n) is 10.7. The molecule has 0 saturated heterocycles. The Morgan fingerprint density at radius 3 is 2.43 bits per heavy atom. The average Bonchev–Trinajstić information content (AvgIpc) is 2.48. The predicted molar refractivity (Wildman–Crippen MR) is 79.9 cm³/mol. The molecule has 0 unspecified atom stereocenters. The maximum Gasteiger partial charge on any atom is 0.372 e. The van der Waals surface area contributed by atoms with Crippen LogP contribution in [0.25, 0.3) is 21.9 Å². The van der Waals surface area contributed by atoms with Crippen molar-refractivity contribution in [3.8, 4) is 11.1 Å². The van der Waals surface area contributed by atoms with E-state index in [1.165, 1.54) is 6.07 Å². The smallest absolute Gasteiger partial charge is 0.372 e. The molecule has 0 saturated carbocycles. The number of benzene rings is 2. The molecule has 0 aliphatic carbocycles. The van der Waals surface area contributed by atoms with Crippen LogP contribution in [0.5, 0.6) is 0 Å². The molecule has 0 atom stereocenters. The monoisotopic (exact) mass is 300 g/mol. The number of rotatable bonds is 2. The van der Waals surface area contributed by atoms with Gasteiger partial charge in [0.25, 0.3) is 0 Å². The van der Waals surface area contributed by atoms with Gasteiger partial charge in [0.05, 0.1) is 5.39 Å². The minimum atomic E-state index is -1.29. The molecule has 3 aromatic rings. The van der Waals surface area contributed by atoms with Crippen molar-refractivity contribution in [1.82, 2.24) is 0 Å². The van der Waals surface area contributed by atoms with E-state index in [9.17, 15) is 14.7 Å². The van der Waals surface area contributed by atoms with E-state index in [1.54, 1.807) is 36.4 Å². The van der Waals surface area contributed by atoms with Crippen LogP contribution in [-0.2, 0) is 0 Å². The van der Waals surface area contributed by atoms with Crippen molar-refractivity contribution < 1.29 is 14.3 Å². The van der Waals surface area contributed by atoms with E-state index in [0.29, 0.717) is 21.5 Å². The Labute approximate surface area is 124 Å². The standard InChI is InChI=1S/C16H9ClO4/c17-10-6-7-11-12(8-10)16(20)21-14(15(18)19)13(11)9-4-2-1-3-5-9/h1-8H,(H,18,19). The largest absolute Gasteiger partial charge is 0.475 e. The molecule has 5 heteroatoms. The van der Waals surface area contributed by atoms with E-state index >= 15 is 0 Å². The molecule has 21 heavy (non-hydrogen) atoms. The highest BCUT2D eigenvalue weighted by Crippen LogP contribution is 2.31. The van der Waals surface area contributed by atoms with Gasteiger partial charge in [-0.25, -0.2) is 9.59 Å². The molecule has 0 aliphatic rings. The van der Waals surface area contributed by atoms with Crippen molar-refractivity contribution in [1.29, 1.82) is 0 Å². The van der Waals surface area contributed by atoms with Crippen molar-refractivity contribution in [2.45, 2.75) is 0 Å². The molecule has 0 spiro atoms. The van der Waals surface area contributed by atoms with Gasteiger partial charge < -0.3 is 9.52 Å². The van der Waals surface area contributed by atoms with Gasteiger partial charge in [-0.1, -0.05) is 48.0 Å². The summed E-state index contributed by atoms with van der Waals surface area (Å²) < 4.78 is 4.98. The molecule has 0 amide bonds. The molecule has 1 N–H and O–H groups in total. The molecule has 3 rings (SSSR count). The first kappa shape index (κ1) is 13.4. The van der Waals surface area contributed by atoms with E-state index in [1.807, 2.05) is 6.07 Å². The number of halogens is 1. The molecule has 2 aromatic carbocycles. The summed E-state index contributed by atoms with van der Waals surface area (Å²) in [4.78, 5) is 23.4. The van der Waals surface area contributed by atoms with Gasteiger partial charge >= 0.3 is 11.6 Å². The Bertz CT molecular complexity index is 897. The maximum absolute atomic E-state index is 12.0. The lowest BCUT2D eigenvalue weighted by Gasteiger charge is -2.09. The number of aromatic carboxylic acids is 1. The van der Waals surface area contributed by atoms with Crippen LogP contribution in [0.4, 0.5) is 0 Å². The van der Waals surface area contributed by atoms with Crippen LogP contribution < -0.4 is 5.63 Å². The van der Waals surface area contributed by atoms with Gasteiger partial charge in [-0.2, -0.15) is 0 Å². The number of fused-ring (bicyclic) bond motifs is 1. The van der Waals surface area contributed by atoms with E-state index in [4.69, 9.17) is 16.0 Å². The Morgan fingerprint density at radius 2 is 1.76 bits per heavy atom. The highest BCUT2D eigenvalue weighted by molar-refractivity contribution is 6.31. The van der Waals surface area contributed by atoms with Gasteiger partial charge in [-0.3, -0.25) is 0 Å². The van der Waals surface area contributed by atoms with Crippen molar-refractivity contribution >= 4 is 28.3 Å². The molecule has 0 radical (unpaired) electrons.